The lowest BCUT2D eigenvalue weighted by molar-refractivity contribution is -0.384. The third-order valence-corrected chi connectivity index (χ3v) is 4.26. The quantitative estimate of drug-likeness (QED) is 0.687. The van der Waals surface area contributed by atoms with Gasteiger partial charge in [-0.25, -0.2) is 8.42 Å². The van der Waals surface area contributed by atoms with Gasteiger partial charge in [-0.15, -0.1) is 0 Å². The Kier molecular flexibility index (Phi) is 4.15. The number of nitrogens with zero attached hydrogens (tertiary/aromatic N) is 1. The predicted octanol–water partition coefficient (Wildman–Crippen LogP) is 3.40. The maximum atomic E-state index is 11.6. The van der Waals surface area contributed by atoms with E-state index in [1.807, 2.05) is 0 Å². The Balaban J connectivity index is 2.56. The van der Waals surface area contributed by atoms with Crippen molar-refractivity contribution in [3.05, 3.63) is 57.6 Å². The van der Waals surface area contributed by atoms with Crippen LogP contribution in [0.1, 0.15) is 0 Å². The van der Waals surface area contributed by atoms with Crippen molar-refractivity contribution in [2.24, 2.45) is 0 Å². The molecule has 0 heterocycles. The molecule has 0 aromatic heterocycles. The summed E-state index contributed by atoms with van der Waals surface area (Å²) in [6.07, 6.45) is 0.947. The van der Waals surface area contributed by atoms with Gasteiger partial charge in [-0.05, 0) is 18.2 Å². The Hall–Kier alpha value is -2.12. The van der Waals surface area contributed by atoms with Gasteiger partial charge in [0.2, 0.25) is 0 Å². The molecule has 0 saturated carbocycles. The van der Waals surface area contributed by atoms with E-state index in [2.05, 4.69) is 5.32 Å². The minimum atomic E-state index is -3.64. The number of anilines is 2. The van der Waals surface area contributed by atoms with Gasteiger partial charge in [-0.1, -0.05) is 29.8 Å². The molecule has 0 saturated heterocycles. The van der Waals surface area contributed by atoms with E-state index < -0.39 is 14.8 Å². The number of hydrogen-bond acceptors (Lipinski definition) is 5. The zero-order chi connectivity index (χ0) is 15.6. The monoisotopic (exact) mass is 326 g/mol. The molecular weight excluding hydrogens is 316 g/mol. The number of sulfone groups is 1. The second-order valence-corrected chi connectivity index (χ2v) is 6.71. The fourth-order valence-electron chi connectivity index (χ4n) is 1.75. The highest BCUT2D eigenvalue weighted by Crippen LogP contribution is 2.35. The lowest BCUT2D eigenvalue weighted by atomic mass is 10.2. The zero-order valence-electron chi connectivity index (χ0n) is 10.9. The van der Waals surface area contributed by atoms with Crippen LogP contribution in [0.3, 0.4) is 0 Å². The molecule has 21 heavy (non-hydrogen) atoms. The van der Waals surface area contributed by atoms with E-state index in [1.165, 1.54) is 6.07 Å². The highest BCUT2D eigenvalue weighted by atomic mass is 35.5. The molecule has 6 nitrogen and oxygen atoms in total. The van der Waals surface area contributed by atoms with Crippen LogP contribution in [0.4, 0.5) is 17.1 Å². The Morgan fingerprint density at radius 2 is 1.81 bits per heavy atom. The third-order valence-electron chi connectivity index (χ3n) is 2.70. The largest absolute Gasteiger partial charge is 0.350 e. The Bertz CT molecular complexity index is 791. The van der Waals surface area contributed by atoms with Crippen LogP contribution in [-0.4, -0.2) is 19.6 Å². The van der Waals surface area contributed by atoms with Crippen molar-refractivity contribution in [1.29, 1.82) is 0 Å². The molecule has 0 spiro atoms. The Morgan fingerprint density at radius 3 is 2.33 bits per heavy atom. The van der Waals surface area contributed by atoms with Crippen LogP contribution in [0.25, 0.3) is 0 Å². The minimum absolute atomic E-state index is 0.0680. The fraction of sp³-hybridized carbons (Fsp3) is 0.0769. The van der Waals surface area contributed by atoms with Crippen LogP contribution in [0, 0.1) is 10.1 Å². The van der Waals surface area contributed by atoms with Crippen molar-refractivity contribution in [1.82, 2.24) is 0 Å². The maximum absolute atomic E-state index is 11.6. The second kappa shape index (κ2) is 5.71. The van der Waals surface area contributed by atoms with Gasteiger partial charge in [-0.3, -0.25) is 10.1 Å². The number of rotatable bonds is 4. The summed E-state index contributed by atoms with van der Waals surface area (Å²) in [4.78, 5) is 10.2. The lowest BCUT2D eigenvalue weighted by Crippen LogP contribution is -2.03. The molecule has 8 heteroatoms. The van der Waals surface area contributed by atoms with Crippen molar-refractivity contribution in [3.63, 3.8) is 0 Å². The average Bonchev–Trinajstić information content (AvgIpc) is 2.38. The molecule has 0 bridgehead atoms. The lowest BCUT2D eigenvalue weighted by Gasteiger charge is -2.09. The fourth-order valence-corrected chi connectivity index (χ4v) is 3.08. The van der Waals surface area contributed by atoms with E-state index in [4.69, 9.17) is 11.6 Å². The molecule has 2 rings (SSSR count). The number of nitro benzene ring substituents is 1. The van der Waals surface area contributed by atoms with Gasteiger partial charge in [0.25, 0.3) is 5.69 Å². The van der Waals surface area contributed by atoms with Gasteiger partial charge >= 0.3 is 0 Å². The summed E-state index contributed by atoms with van der Waals surface area (Å²) in [5.74, 6) is 0. The standard InChI is InChI=1S/C13H11ClN2O4S/c1-21(19,20)13-8-12(16(17)18)11(7-10(13)14)15-9-5-3-2-4-6-9/h2-8,15H,1H3. The summed E-state index contributed by atoms with van der Waals surface area (Å²) in [6.45, 7) is 0. The van der Waals surface area contributed by atoms with E-state index in [9.17, 15) is 18.5 Å². The molecule has 0 aliphatic carbocycles. The number of nitrogens with one attached hydrogen (secondary N) is 1. The first-order chi connectivity index (χ1) is 9.79. The summed E-state index contributed by atoms with van der Waals surface area (Å²) in [7, 11) is -3.64. The Labute approximate surface area is 126 Å². The number of halogens is 1. The number of nitro groups is 1. The first-order valence-corrected chi connectivity index (χ1v) is 8.06. The normalized spacial score (nSPS) is 11.1. The molecule has 0 aliphatic heterocycles. The van der Waals surface area contributed by atoms with Crippen LogP contribution < -0.4 is 5.32 Å². The van der Waals surface area contributed by atoms with Gasteiger partial charge in [-0.2, -0.15) is 0 Å². The number of hydrogen-bond donors (Lipinski definition) is 1. The predicted molar refractivity (Wildman–Crippen MR) is 80.9 cm³/mol. The van der Waals surface area contributed by atoms with Crippen molar-refractivity contribution in [2.75, 3.05) is 11.6 Å². The molecule has 2 aromatic rings. The van der Waals surface area contributed by atoms with Crippen LogP contribution in [0.15, 0.2) is 47.4 Å². The molecule has 0 radical (unpaired) electrons. The third kappa shape index (κ3) is 3.50. The Morgan fingerprint density at radius 1 is 1.19 bits per heavy atom. The van der Waals surface area contributed by atoms with Crippen LogP contribution in [-0.2, 0) is 9.84 Å². The van der Waals surface area contributed by atoms with Crippen molar-refractivity contribution in [3.8, 4) is 0 Å². The van der Waals surface area contributed by atoms with Gasteiger partial charge in [0, 0.05) is 18.0 Å². The molecule has 0 amide bonds. The molecule has 0 unspecified atom stereocenters. The highest BCUT2D eigenvalue weighted by molar-refractivity contribution is 7.90. The van der Waals surface area contributed by atoms with Gasteiger partial charge in [0.15, 0.2) is 9.84 Å². The topological polar surface area (TPSA) is 89.3 Å². The van der Waals surface area contributed by atoms with Crippen LogP contribution >= 0.6 is 11.6 Å². The SMILES string of the molecule is CS(=O)(=O)c1cc([N+](=O)[O-])c(Nc2ccccc2)cc1Cl. The summed E-state index contributed by atoms with van der Waals surface area (Å²) in [5.41, 5.74) is 0.399. The van der Waals surface area contributed by atoms with Gasteiger partial charge < -0.3 is 5.32 Å². The molecule has 110 valence electrons. The van der Waals surface area contributed by atoms with E-state index in [0.717, 1.165) is 12.3 Å². The number of benzene rings is 2. The van der Waals surface area contributed by atoms with Crippen molar-refractivity contribution >= 4 is 38.5 Å². The van der Waals surface area contributed by atoms with Crippen molar-refractivity contribution < 1.29 is 13.3 Å². The maximum Gasteiger partial charge on any atom is 0.294 e. The molecule has 0 fully saturated rings. The van der Waals surface area contributed by atoms with Gasteiger partial charge in [0.1, 0.15) is 5.69 Å². The van der Waals surface area contributed by atoms with Crippen LogP contribution in [0.5, 0.6) is 0 Å². The van der Waals surface area contributed by atoms with E-state index in [0.29, 0.717) is 5.69 Å². The summed E-state index contributed by atoms with van der Waals surface area (Å²) in [6, 6.07) is 11.0. The summed E-state index contributed by atoms with van der Waals surface area (Å²) in [5, 5.41) is 13.9. The molecule has 0 atom stereocenters. The first-order valence-electron chi connectivity index (χ1n) is 5.79. The first kappa shape index (κ1) is 15.3. The summed E-state index contributed by atoms with van der Waals surface area (Å²) < 4.78 is 23.1. The average molecular weight is 327 g/mol. The molecule has 0 aliphatic rings. The van der Waals surface area contributed by atoms with Gasteiger partial charge in [0.05, 0.1) is 14.8 Å². The smallest absolute Gasteiger partial charge is 0.294 e. The van der Waals surface area contributed by atoms with E-state index >= 15 is 0 Å². The molecular formula is C13H11ClN2O4S. The van der Waals surface area contributed by atoms with E-state index in [-0.39, 0.29) is 21.3 Å². The number of para-hydroxylation sites is 1. The highest BCUT2D eigenvalue weighted by Gasteiger charge is 2.22. The minimum Gasteiger partial charge on any atom is -0.350 e. The molecule has 1 N–H and O–H groups in total. The van der Waals surface area contributed by atoms with Crippen LogP contribution in [0.2, 0.25) is 5.02 Å². The van der Waals surface area contributed by atoms with Crippen molar-refractivity contribution in [2.45, 2.75) is 4.90 Å². The second-order valence-electron chi connectivity index (χ2n) is 4.32. The zero-order valence-corrected chi connectivity index (χ0v) is 12.5. The molecule has 2 aromatic carbocycles. The van der Waals surface area contributed by atoms with E-state index in [1.54, 1.807) is 30.3 Å². The summed E-state index contributed by atoms with van der Waals surface area (Å²) >= 11 is 5.92.